The molecule has 1 atom stereocenters. The Balaban J connectivity index is 1.66. The van der Waals surface area contributed by atoms with Crippen molar-refractivity contribution in [2.24, 2.45) is 11.3 Å². The normalized spacial score (nSPS) is 29.0. The standard InChI is InChI=1S/C17H30N2O2/c1-3-16(2)8-10-19(11-9-16)12-17(15(20)21,13-4-5-13)18-14-6-7-14/h13-14,18H,3-12H2,1-2H3,(H,20,21). The number of hydrogen-bond donors (Lipinski definition) is 2. The van der Waals surface area contributed by atoms with Crippen LogP contribution >= 0.6 is 0 Å². The maximum absolute atomic E-state index is 12.0. The molecule has 1 unspecified atom stereocenters. The first-order valence-electron chi connectivity index (χ1n) is 8.71. The quantitative estimate of drug-likeness (QED) is 0.757. The van der Waals surface area contributed by atoms with Crippen molar-refractivity contribution in [1.82, 2.24) is 10.2 Å². The Bertz CT molecular complexity index is 396. The second-order valence-electron chi connectivity index (χ2n) is 7.91. The Morgan fingerprint density at radius 3 is 2.33 bits per heavy atom. The number of carbonyl (C=O) groups is 1. The maximum atomic E-state index is 12.0. The minimum Gasteiger partial charge on any atom is -0.480 e. The van der Waals surface area contributed by atoms with Crippen molar-refractivity contribution in [3.05, 3.63) is 0 Å². The molecule has 4 nitrogen and oxygen atoms in total. The summed E-state index contributed by atoms with van der Waals surface area (Å²) in [7, 11) is 0. The SMILES string of the molecule is CCC1(C)CCN(CC(NC2CC2)(C(=O)O)C2CC2)CC1. The predicted octanol–water partition coefficient (Wildman–Crippen LogP) is 2.48. The van der Waals surface area contributed by atoms with Gasteiger partial charge in [0.2, 0.25) is 0 Å². The van der Waals surface area contributed by atoms with Gasteiger partial charge in [0.1, 0.15) is 5.54 Å². The number of aliphatic carboxylic acids is 1. The van der Waals surface area contributed by atoms with E-state index in [0.29, 0.717) is 23.9 Å². The van der Waals surface area contributed by atoms with Crippen molar-refractivity contribution in [2.45, 2.75) is 70.4 Å². The molecule has 0 bridgehead atoms. The lowest BCUT2D eigenvalue weighted by atomic mass is 9.77. The van der Waals surface area contributed by atoms with Gasteiger partial charge in [-0.3, -0.25) is 10.1 Å². The average Bonchev–Trinajstić information content (AvgIpc) is 3.33. The third-order valence-corrected chi connectivity index (χ3v) is 6.08. The Kier molecular flexibility index (Phi) is 4.04. The summed E-state index contributed by atoms with van der Waals surface area (Å²) in [6.45, 7) is 7.45. The highest BCUT2D eigenvalue weighted by atomic mass is 16.4. The van der Waals surface area contributed by atoms with Crippen LogP contribution < -0.4 is 5.32 Å². The number of carboxylic acid groups (broad SMARTS) is 1. The Morgan fingerprint density at radius 2 is 1.90 bits per heavy atom. The molecule has 0 amide bonds. The highest BCUT2D eigenvalue weighted by molar-refractivity contribution is 5.80. The van der Waals surface area contributed by atoms with Gasteiger partial charge in [0, 0.05) is 12.6 Å². The van der Waals surface area contributed by atoms with E-state index in [9.17, 15) is 9.90 Å². The fourth-order valence-corrected chi connectivity index (χ4v) is 3.72. The number of likely N-dealkylation sites (tertiary alicyclic amines) is 1. The first kappa shape index (κ1) is 15.3. The van der Waals surface area contributed by atoms with Crippen molar-refractivity contribution >= 4 is 5.97 Å². The van der Waals surface area contributed by atoms with Crippen LogP contribution in [0.15, 0.2) is 0 Å². The van der Waals surface area contributed by atoms with E-state index < -0.39 is 11.5 Å². The second-order valence-corrected chi connectivity index (χ2v) is 7.91. The Morgan fingerprint density at radius 1 is 1.29 bits per heavy atom. The highest BCUT2D eigenvalue weighted by Crippen LogP contribution is 2.43. The van der Waals surface area contributed by atoms with Crippen LogP contribution in [0.25, 0.3) is 0 Å². The summed E-state index contributed by atoms with van der Waals surface area (Å²) >= 11 is 0. The minimum absolute atomic E-state index is 0.343. The van der Waals surface area contributed by atoms with Crippen molar-refractivity contribution < 1.29 is 9.90 Å². The number of nitrogens with one attached hydrogen (secondary N) is 1. The molecular weight excluding hydrogens is 264 g/mol. The number of hydrogen-bond acceptors (Lipinski definition) is 3. The first-order chi connectivity index (χ1) is 9.97. The summed E-state index contributed by atoms with van der Waals surface area (Å²) in [6, 6.07) is 0.451. The van der Waals surface area contributed by atoms with Crippen LogP contribution in [-0.2, 0) is 4.79 Å². The first-order valence-corrected chi connectivity index (χ1v) is 8.71. The van der Waals surface area contributed by atoms with Gasteiger partial charge in [0.25, 0.3) is 0 Å². The molecule has 1 aliphatic heterocycles. The minimum atomic E-state index is -0.679. The molecule has 2 aliphatic carbocycles. The van der Waals surface area contributed by atoms with Gasteiger partial charge >= 0.3 is 5.97 Å². The summed E-state index contributed by atoms with van der Waals surface area (Å²) in [5, 5.41) is 13.4. The lowest BCUT2D eigenvalue weighted by molar-refractivity contribution is -0.147. The van der Waals surface area contributed by atoms with Crippen molar-refractivity contribution in [3.8, 4) is 0 Å². The average molecular weight is 294 g/mol. The topological polar surface area (TPSA) is 52.6 Å². The molecule has 1 saturated heterocycles. The summed E-state index contributed by atoms with van der Waals surface area (Å²) in [6.07, 6.45) is 8.08. The molecule has 21 heavy (non-hydrogen) atoms. The zero-order valence-corrected chi connectivity index (χ0v) is 13.5. The van der Waals surface area contributed by atoms with E-state index in [4.69, 9.17) is 0 Å². The lowest BCUT2D eigenvalue weighted by Crippen LogP contribution is -2.62. The lowest BCUT2D eigenvalue weighted by Gasteiger charge is -2.43. The highest BCUT2D eigenvalue weighted by Gasteiger charge is 2.54. The largest absolute Gasteiger partial charge is 0.480 e. The fraction of sp³-hybridized carbons (Fsp3) is 0.941. The van der Waals surface area contributed by atoms with Crippen LogP contribution in [-0.4, -0.2) is 47.2 Å². The Hall–Kier alpha value is -0.610. The monoisotopic (exact) mass is 294 g/mol. The van der Waals surface area contributed by atoms with Gasteiger partial charge < -0.3 is 10.0 Å². The van der Waals surface area contributed by atoms with Crippen molar-refractivity contribution in [2.75, 3.05) is 19.6 Å². The Labute approximate surface area is 128 Å². The van der Waals surface area contributed by atoms with E-state index in [2.05, 4.69) is 24.1 Å². The van der Waals surface area contributed by atoms with Crippen LogP contribution in [0.5, 0.6) is 0 Å². The van der Waals surface area contributed by atoms with Crippen molar-refractivity contribution in [3.63, 3.8) is 0 Å². The summed E-state index contributed by atoms with van der Waals surface area (Å²) < 4.78 is 0. The molecule has 0 aromatic rings. The van der Waals surface area contributed by atoms with Gasteiger partial charge in [-0.1, -0.05) is 20.3 Å². The van der Waals surface area contributed by atoms with Gasteiger partial charge in [-0.2, -0.15) is 0 Å². The molecule has 0 aromatic carbocycles. The van der Waals surface area contributed by atoms with E-state index in [0.717, 1.165) is 38.8 Å². The van der Waals surface area contributed by atoms with Gasteiger partial charge in [0.05, 0.1) is 0 Å². The summed E-state index contributed by atoms with van der Waals surface area (Å²) in [5.74, 6) is -0.282. The number of carboxylic acids is 1. The molecule has 2 saturated carbocycles. The molecule has 1 heterocycles. The molecule has 2 N–H and O–H groups in total. The van der Waals surface area contributed by atoms with Crippen LogP contribution in [0.2, 0.25) is 0 Å². The van der Waals surface area contributed by atoms with Gasteiger partial charge in [0.15, 0.2) is 0 Å². The van der Waals surface area contributed by atoms with Crippen molar-refractivity contribution in [1.29, 1.82) is 0 Å². The molecule has 120 valence electrons. The number of rotatable bonds is 7. The maximum Gasteiger partial charge on any atom is 0.325 e. The van der Waals surface area contributed by atoms with Crippen LogP contribution in [0, 0.1) is 11.3 Å². The summed E-state index contributed by atoms with van der Waals surface area (Å²) in [5.41, 5.74) is -0.215. The third kappa shape index (κ3) is 3.26. The van der Waals surface area contributed by atoms with Crippen LogP contribution in [0.3, 0.4) is 0 Å². The molecule has 3 aliphatic rings. The van der Waals surface area contributed by atoms with Gasteiger partial charge in [-0.15, -0.1) is 0 Å². The molecule has 0 aromatic heterocycles. The smallest absolute Gasteiger partial charge is 0.325 e. The third-order valence-electron chi connectivity index (χ3n) is 6.08. The van der Waals surface area contributed by atoms with Crippen LogP contribution in [0.4, 0.5) is 0 Å². The molecule has 3 rings (SSSR count). The number of nitrogens with zero attached hydrogens (tertiary/aromatic N) is 1. The van der Waals surface area contributed by atoms with E-state index in [1.165, 1.54) is 19.3 Å². The van der Waals surface area contributed by atoms with Crippen LogP contribution in [0.1, 0.15) is 58.8 Å². The van der Waals surface area contributed by atoms with E-state index >= 15 is 0 Å². The molecule has 3 fully saturated rings. The molecule has 0 radical (unpaired) electrons. The number of piperidine rings is 1. The van der Waals surface area contributed by atoms with E-state index in [-0.39, 0.29) is 0 Å². The molecule has 4 heteroatoms. The predicted molar refractivity (Wildman–Crippen MR) is 83.3 cm³/mol. The zero-order valence-electron chi connectivity index (χ0n) is 13.5. The zero-order chi connectivity index (χ0) is 15.1. The second kappa shape index (κ2) is 5.54. The fourth-order valence-electron chi connectivity index (χ4n) is 3.72. The summed E-state index contributed by atoms with van der Waals surface area (Å²) in [4.78, 5) is 14.4. The van der Waals surface area contributed by atoms with E-state index in [1.807, 2.05) is 0 Å². The van der Waals surface area contributed by atoms with E-state index in [1.54, 1.807) is 0 Å². The molecule has 0 spiro atoms. The molecular formula is C17H30N2O2. The van der Waals surface area contributed by atoms with Gasteiger partial charge in [-0.05, 0) is 62.9 Å². The van der Waals surface area contributed by atoms with Gasteiger partial charge in [-0.25, -0.2) is 0 Å².